The summed E-state index contributed by atoms with van der Waals surface area (Å²) in [5.74, 6) is -0.955. The van der Waals surface area contributed by atoms with E-state index in [1.165, 1.54) is 42.6 Å². The second-order valence-corrected chi connectivity index (χ2v) is 7.29. The highest BCUT2D eigenvalue weighted by Gasteiger charge is 2.33. The fourth-order valence-corrected chi connectivity index (χ4v) is 3.67. The Morgan fingerprint density at radius 3 is 2.87 bits per heavy atom. The molecule has 154 valence electrons. The molecule has 0 radical (unpaired) electrons. The maximum absolute atomic E-state index is 13.6. The van der Waals surface area contributed by atoms with E-state index in [2.05, 4.69) is 10.3 Å². The first-order valence-corrected chi connectivity index (χ1v) is 9.55. The van der Waals surface area contributed by atoms with Gasteiger partial charge < -0.3 is 19.5 Å². The lowest BCUT2D eigenvalue weighted by Gasteiger charge is -2.33. The van der Waals surface area contributed by atoms with Crippen molar-refractivity contribution in [3.05, 3.63) is 71.0 Å². The van der Waals surface area contributed by atoms with Gasteiger partial charge in [-0.1, -0.05) is 11.6 Å². The van der Waals surface area contributed by atoms with Crippen molar-refractivity contribution in [1.82, 2.24) is 9.55 Å². The first-order valence-electron chi connectivity index (χ1n) is 9.17. The Morgan fingerprint density at radius 2 is 2.13 bits per heavy atom. The highest BCUT2D eigenvalue weighted by Crippen LogP contribution is 2.33. The molecule has 30 heavy (non-hydrogen) atoms. The van der Waals surface area contributed by atoms with Crippen LogP contribution in [-0.2, 0) is 0 Å². The molecule has 4 rings (SSSR count). The molecule has 3 aromatic rings. The molecule has 1 atom stereocenters. The van der Waals surface area contributed by atoms with Gasteiger partial charge in [-0.05, 0) is 37.3 Å². The zero-order chi connectivity index (χ0) is 21.4. The van der Waals surface area contributed by atoms with Crippen molar-refractivity contribution in [3.8, 4) is 5.75 Å². The fraction of sp³-hybridized carbons (Fsp3) is 0.190. The average molecular weight is 429 g/mol. The number of amides is 2. The van der Waals surface area contributed by atoms with Crippen molar-refractivity contribution in [2.75, 3.05) is 23.9 Å². The lowest BCUT2D eigenvalue weighted by atomic mass is 10.1. The average Bonchev–Trinajstić information content (AvgIpc) is 3.17. The molecule has 0 bridgehead atoms. The predicted molar refractivity (Wildman–Crippen MR) is 111 cm³/mol. The van der Waals surface area contributed by atoms with Crippen LogP contribution in [-0.4, -0.2) is 35.0 Å². The van der Waals surface area contributed by atoms with Crippen LogP contribution in [0.25, 0.3) is 0 Å². The highest BCUT2D eigenvalue weighted by atomic mass is 35.5. The van der Waals surface area contributed by atoms with Crippen LogP contribution in [0.1, 0.15) is 33.8 Å². The minimum absolute atomic E-state index is 0.0638. The van der Waals surface area contributed by atoms with Gasteiger partial charge in [0.1, 0.15) is 17.3 Å². The molecule has 1 aromatic carbocycles. The predicted octanol–water partition coefficient (Wildman–Crippen LogP) is 4.16. The lowest BCUT2D eigenvalue weighted by Crippen LogP contribution is -2.42. The molecule has 0 spiro atoms. The molecule has 2 aromatic heterocycles. The summed E-state index contributed by atoms with van der Waals surface area (Å²) in [6.07, 6.45) is 4.67. The van der Waals surface area contributed by atoms with Crippen molar-refractivity contribution in [3.63, 3.8) is 0 Å². The third-order valence-electron chi connectivity index (χ3n) is 4.99. The Kier molecular flexibility index (Phi) is 5.17. The van der Waals surface area contributed by atoms with Gasteiger partial charge in [0.2, 0.25) is 0 Å². The number of hydrogen-bond acceptors (Lipinski definition) is 4. The zero-order valence-electron chi connectivity index (χ0n) is 16.2. The molecule has 0 saturated carbocycles. The van der Waals surface area contributed by atoms with Crippen molar-refractivity contribution in [2.45, 2.75) is 13.0 Å². The number of methoxy groups -OCH3 is 1. The Bertz CT molecular complexity index is 1150. The van der Waals surface area contributed by atoms with E-state index in [4.69, 9.17) is 16.3 Å². The number of ether oxygens (including phenoxy) is 1. The maximum Gasteiger partial charge on any atom is 0.277 e. The second-order valence-electron chi connectivity index (χ2n) is 6.88. The molecule has 2 amide bonds. The van der Waals surface area contributed by atoms with Gasteiger partial charge in [0.05, 0.1) is 23.4 Å². The van der Waals surface area contributed by atoms with E-state index < -0.39 is 11.7 Å². The molecule has 1 aliphatic rings. The van der Waals surface area contributed by atoms with Crippen LogP contribution in [0.2, 0.25) is 5.02 Å². The first-order chi connectivity index (χ1) is 14.4. The van der Waals surface area contributed by atoms with E-state index >= 15 is 0 Å². The number of fused-ring (bicyclic) bond motifs is 1. The van der Waals surface area contributed by atoms with Crippen LogP contribution in [0.5, 0.6) is 5.75 Å². The monoisotopic (exact) mass is 428 g/mol. The van der Waals surface area contributed by atoms with Crippen molar-refractivity contribution >= 4 is 34.8 Å². The van der Waals surface area contributed by atoms with Crippen LogP contribution in [0.4, 0.5) is 15.8 Å². The van der Waals surface area contributed by atoms with Crippen molar-refractivity contribution in [1.29, 1.82) is 0 Å². The van der Waals surface area contributed by atoms with Crippen molar-refractivity contribution in [2.24, 2.45) is 0 Å². The Hall–Kier alpha value is -3.39. The highest BCUT2D eigenvalue weighted by molar-refractivity contribution is 6.31. The number of carbonyl (C=O) groups excluding carboxylic acids is 2. The van der Waals surface area contributed by atoms with Gasteiger partial charge in [-0.25, -0.2) is 4.39 Å². The summed E-state index contributed by atoms with van der Waals surface area (Å²) < 4.78 is 20.6. The molecular formula is C21H18ClFN4O3. The molecule has 0 saturated heterocycles. The molecule has 0 aliphatic carbocycles. The lowest BCUT2D eigenvalue weighted by molar-refractivity contribution is 0.0958. The molecule has 9 heteroatoms. The summed E-state index contributed by atoms with van der Waals surface area (Å²) in [4.78, 5) is 31.5. The number of aromatic nitrogens is 2. The minimum Gasteiger partial charge on any atom is -0.496 e. The summed E-state index contributed by atoms with van der Waals surface area (Å²) in [7, 11) is 1.46. The number of pyridine rings is 1. The van der Waals surface area contributed by atoms with E-state index in [-0.39, 0.29) is 22.5 Å². The van der Waals surface area contributed by atoms with E-state index in [1.807, 2.05) is 6.92 Å². The molecule has 0 fully saturated rings. The van der Waals surface area contributed by atoms with Crippen LogP contribution >= 0.6 is 11.6 Å². The minimum atomic E-state index is -0.556. The van der Waals surface area contributed by atoms with Crippen LogP contribution < -0.4 is 15.0 Å². The molecule has 1 aliphatic heterocycles. The van der Waals surface area contributed by atoms with E-state index in [9.17, 15) is 14.0 Å². The fourth-order valence-electron chi connectivity index (χ4n) is 3.50. The zero-order valence-corrected chi connectivity index (χ0v) is 17.0. The van der Waals surface area contributed by atoms with E-state index in [1.54, 1.807) is 22.9 Å². The van der Waals surface area contributed by atoms with Gasteiger partial charge in [0.25, 0.3) is 11.8 Å². The number of hydrogen-bond donors (Lipinski definition) is 1. The SMILES string of the molecule is COc1ccncc1C(=O)Nc1ccn2c1C(=O)N(c1ccc(F)c(Cl)c1)C[C@@H]2C. The molecular weight excluding hydrogens is 411 g/mol. The summed E-state index contributed by atoms with van der Waals surface area (Å²) in [5.41, 5.74) is 1.42. The Morgan fingerprint density at radius 1 is 1.33 bits per heavy atom. The third kappa shape index (κ3) is 3.39. The topological polar surface area (TPSA) is 76.5 Å². The number of halogens is 2. The van der Waals surface area contributed by atoms with Crippen molar-refractivity contribution < 1.29 is 18.7 Å². The number of carbonyl (C=O) groups is 2. The van der Waals surface area contributed by atoms with Gasteiger partial charge in [-0.15, -0.1) is 0 Å². The van der Waals surface area contributed by atoms with E-state index in [0.29, 0.717) is 29.4 Å². The van der Waals surface area contributed by atoms with Gasteiger partial charge >= 0.3 is 0 Å². The molecule has 3 heterocycles. The van der Waals surface area contributed by atoms with Crippen LogP contribution in [0, 0.1) is 5.82 Å². The summed E-state index contributed by atoms with van der Waals surface area (Å²) in [6, 6.07) is 7.33. The van der Waals surface area contributed by atoms with Gasteiger partial charge in [0, 0.05) is 36.9 Å². The Balaban J connectivity index is 1.68. The number of rotatable bonds is 4. The first kappa shape index (κ1) is 19.9. The standard InChI is InChI=1S/C21H18ClFN4O3/c1-12-11-27(13-3-4-16(23)15(22)9-13)21(29)19-17(6-8-26(12)19)25-20(28)14-10-24-7-5-18(14)30-2/h3-10,12H,11H2,1-2H3,(H,25,28)/t12-/m0/s1. The summed E-state index contributed by atoms with van der Waals surface area (Å²) >= 11 is 5.90. The number of benzene rings is 1. The summed E-state index contributed by atoms with van der Waals surface area (Å²) in [6.45, 7) is 2.33. The normalized spacial score (nSPS) is 15.7. The number of nitrogens with zero attached hydrogens (tertiary/aromatic N) is 3. The van der Waals surface area contributed by atoms with E-state index in [0.717, 1.165) is 0 Å². The van der Waals surface area contributed by atoms with Gasteiger partial charge in [-0.2, -0.15) is 0 Å². The van der Waals surface area contributed by atoms with Crippen LogP contribution in [0.15, 0.2) is 48.9 Å². The third-order valence-corrected chi connectivity index (χ3v) is 5.28. The quantitative estimate of drug-likeness (QED) is 0.677. The maximum atomic E-state index is 13.6. The van der Waals surface area contributed by atoms with Crippen LogP contribution in [0.3, 0.4) is 0 Å². The summed E-state index contributed by atoms with van der Waals surface area (Å²) in [5, 5.41) is 2.71. The smallest absolute Gasteiger partial charge is 0.277 e. The Labute approximate surface area is 177 Å². The number of anilines is 2. The van der Waals surface area contributed by atoms with Gasteiger partial charge in [-0.3, -0.25) is 14.6 Å². The second kappa shape index (κ2) is 7.79. The molecule has 7 nitrogen and oxygen atoms in total. The molecule has 1 N–H and O–H groups in total. The largest absolute Gasteiger partial charge is 0.496 e. The number of nitrogens with one attached hydrogen (secondary N) is 1. The van der Waals surface area contributed by atoms with Gasteiger partial charge in [0.15, 0.2) is 0 Å². The molecule has 0 unspecified atom stereocenters.